The van der Waals surface area contributed by atoms with E-state index in [1.54, 1.807) is 16.7 Å². The number of likely N-dealkylation sites (tertiary alicyclic amines) is 1. The molecule has 2 aromatic carbocycles. The second-order valence-electron chi connectivity index (χ2n) is 10.1. The molecule has 38 heavy (non-hydrogen) atoms. The van der Waals surface area contributed by atoms with Gasteiger partial charge in [-0.2, -0.15) is 11.8 Å². The number of carbonyl (C=O) groups is 4. The average Bonchev–Trinajstić information content (AvgIpc) is 3.49. The van der Waals surface area contributed by atoms with Crippen molar-refractivity contribution in [2.24, 2.45) is 11.8 Å². The molecule has 3 aliphatic heterocycles. The molecule has 5 rings (SSSR count). The smallest absolute Gasteiger partial charge is 0.253 e. The van der Waals surface area contributed by atoms with Crippen molar-refractivity contribution in [3.8, 4) is 0 Å². The maximum Gasteiger partial charge on any atom is 0.253 e. The van der Waals surface area contributed by atoms with Crippen LogP contribution in [0.1, 0.15) is 31.4 Å². The normalized spacial score (nSPS) is 25.9. The van der Waals surface area contributed by atoms with Gasteiger partial charge in [-0.15, -0.1) is 0 Å². The Morgan fingerprint density at radius 2 is 1.66 bits per heavy atom. The van der Waals surface area contributed by atoms with E-state index in [4.69, 9.17) is 0 Å². The molecule has 8 nitrogen and oxygen atoms in total. The molecule has 1 spiro atoms. The molecule has 0 radical (unpaired) electrons. The highest BCUT2D eigenvalue weighted by atomic mass is 32.2. The standard InChI is InChI=1S/C29H34N4O4S/c1-4-31(5-2)23(34)18-32-22-14-10-9-13-20(22)29(28(32)37)25-24(21(30-29)15-16-38-3)26(35)33(27(25)36)17-19-11-7-6-8-12-19/h6-14,21,24-25,30H,4-5,15-18H2,1-3H3/t21-,24+,25-,29+/m1/s1. The topological polar surface area (TPSA) is 90.0 Å². The van der Waals surface area contributed by atoms with E-state index < -0.39 is 17.4 Å². The molecular weight excluding hydrogens is 500 g/mol. The number of para-hydroxylation sites is 1. The molecule has 2 saturated heterocycles. The Hall–Kier alpha value is -3.17. The summed E-state index contributed by atoms with van der Waals surface area (Å²) in [6.45, 7) is 4.98. The SMILES string of the molecule is CCN(CC)C(=O)CN1C(=O)[C@]2(N[C@H](CCSC)[C@@H]3C(=O)N(Cc4ccccc4)C(=O)[C@@H]32)c2ccccc21. The van der Waals surface area contributed by atoms with E-state index in [0.29, 0.717) is 30.8 Å². The lowest BCUT2D eigenvalue weighted by atomic mass is 9.76. The van der Waals surface area contributed by atoms with E-state index in [-0.39, 0.29) is 42.8 Å². The fraction of sp³-hybridized carbons (Fsp3) is 0.448. The number of rotatable bonds is 9. The molecule has 0 bridgehead atoms. The number of hydrogen-bond acceptors (Lipinski definition) is 6. The van der Waals surface area contributed by atoms with Crippen molar-refractivity contribution in [3.05, 3.63) is 65.7 Å². The number of carbonyl (C=O) groups excluding carboxylic acids is 4. The van der Waals surface area contributed by atoms with Gasteiger partial charge >= 0.3 is 0 Å². The summed E-state index contributed by atoms with van der Waals surface area (Å²) in [4.78, 5) is 60.0. The largest absolute Gasteiger partial charge is 0.342 e. The maximum atomic E-state index is 14.4. The number of thioether (sulfide) groups is 1. The third-order valence-electron chi connectivity index (χ3n) is 8.18. The lowest BCUT2D eigenvalue weighted by Crippen LogP contribution is -2.56. The quantitative estimate of drug-likeness (QED) is 0.498. The third-order valence-corrected chi connectivity index (χ3v) is 8.83. The Morgan fingerprint density at radius 3 is 2.34 bits per heavy atom. The van der Waals surface area contributed by atoms with Gasteiger partial charge in [0.25, 0.3) is 5.91 Å². The van der Waals surface area contributed by atoms with Crippen LogP contribution in [-0.2, 0) is 31.3 Å². The van der Waals surface area contributed by atoms with Gasteiger partial charge in [-0.3, -0.25) is 29.4 Å². The molecule has 3 aliphatic rings. The van der Waals surface area contributed by atoms with Crippen LogP contribution in [0.15, 0.2) is 54.6 Å². The zero-order valence-electron chi connectivity index (χ0n) is 22.1. The minimum atomic E-state index is -1.38. The van der Waals surface area contributed by atoms with E-state index in [1.165, 1.54) is 9.80 Å². The molecule has 0 aromatic heterocycles. The van der Waals surface area contributed by atoms with Crippen LogP contribution in [0, 0.1) is 11.8 Å². The van der Waals surface area contributed by atoms with Gasteiger partial charge in [-0.25, -0.2) is 0 Å². The van der Waals surface area contributed by atoms with E-state index in [0.717, 1.165) is 11.3 Å². The summed E-state index contributed by atoms with van der Waals surface area (Å²) in [6, 6.07) is 16.5. The number of nitrogens with zero attached hydrogens (tertiary/aromatic N) is 3. The molecular formula is C29H34N4O4S. The number of nitrogens with one attached hydrogen (secondary N) is 1. The van der Waals surface area contributed by atoms with Crippen LogP contribution in [0.25, 0.3) is 0 Å². The number of anilines is 1. The van der Waals surface area contributed by atoms with Crippen LogP contribution < -0.4 is 10.2 Å². The molecule has 4 amide bonds. The van der Waals surface area contributed by atoms with Gasteiger partial charge in [0.2, 0.25) is 17.7 Å². The maximum absolute atomic E-state index is 14.4. The minimum Gasteiger partial charge on any atom is -0.342 e. The summed E-state index contributed by atoms with van der Waals surface area (Å²) in [7, 11) is 0. The van der Waals surface area contributed by atoms with Crippen LogP contribution >= 0.6 is 11.8 Å². The van der Waals surface area contributed by atoms with Crippen LogP contribution in [0.3, 0.4) is 0 Å². The summed E-state index contributed by atoms with van der Waals surface area (Å²) in [5, 5.41) is 3.52. The first kappa shape index (κ1) is 26.4. The predicted octanol–water partition coefficient (Wildman–Crippen LogP) is 2.62. The van der Waals surface area contributed by atoms with Crippen molar-refractivity contribution in [2.75, 3.05) is 36.5 Å². The van der Waals surface area contributed by atoms with E-state index in [2.05, 4.69) is 5.32 Å². The number of fused-ring (bicyclic) bond motifs is 4. The summed E-state index contributed by atoms with van der Waals surface area (Å²) in [6.07, 6.45) is 2.65. The van der Waals surface area contributed by atoms with Gasteiger partial charge in [-0.1, -0.05) is 48.5 Å². The van der Waals surface area contributed by atoms with Crippen molar-refractivity contribution >= 4 is 41.1 Å². The monoisotopic (exact) mass is 534 g/mol. The third kappa shape index (κ3) is 4.03. The fourth-order valence-corrected chi connectivity index (χ4v) is 6.88. The molecule has 0 saturated carbocycles. The lowest BCUT2D eigenvalue weighted by Gasteiger charge is -2.31. The number of benzene rings is 2. The number of amides is 4. The zero-order valence-corrected chi connectivity index (χ0v) is 22.9. The van der Waals surface area contributed by atoms with Crippen molar-refractivity contribution in [1.82, 2.24) is 15.1 Å². The van der Waals surface area contributed by atoms with E-state index in [9.17, 15) is 19.2 Å². The Bertz CT molecular complexity index is 1250. The second-order valence-corrected chi connectivity index (χ2v) is 11.1. The summed E-state index contributed by atoms with van der Waals surface area (Å²) >= 11 is 1.67. The molecule has 200 valence electrons. The van der Waals surface area contributed by atoms with Crippen LogP contribution in [-0.4, -0.2) is 71.1 Å². The van der Waals surface area contributed by atoms with Crippen molar-refractivity contribution < 1.29 is 19.2 Å². The molecule has 2 aromatic rings. The highest BCUT2D eigenvalue weighted by Crippen LogP contribution is 2.55. The molecule has 1 N–H and O–H groups in total. The van der Waals surface area contributed by atoms with Crippen LogP contribution in [0.5, 0.6) is 0 Å². The number of likely N-dealkylation sites (N-methyl/N-ethyl adjacent to an activating group) is 1. The first-order chi connectivity index (χ1) is 18.4. The molecule has 0 unspecified atom stereocenters. The van der Waals surface area contributed by atoms with E-state index in [1.807, 2.05) is 74.7 Å². The van der Waals surface area contributed by atoms with Crippen molar-refractivity contribution in [2.45, 2.75) is 38.4 Å². The summed E-state index contributed by atoms with van der Waals surface area (Å²) in [5.41, 5.74) is 0.770. The molecule has 2 fully saturated rings. The Morgan fingerprint density at radius 1 is 0.974 bits per heavy atom. The molecule has 4 atom stereocenters. The Balaban J connectivity index is 1.57. The summed E-state index contributed by atoms with van der Waals surface area (Å²) < 4.78 is 0. The molecule has 0 aliphatic carbocycles. The number of imide groups is 1. The van der Waals surface area contributed by atoms with Crippen LogP contribution in [0.4, 0.5) is 5.69 Å². The van der Waals surface area contributed by atoms with Gasteiger partial charge in [0, 0.05) is 30.4 Å². The van der Waals surface area contributed by atoms with Gasteiger partial charge in [0.15, 0.2) is 0 Å². The fourth-order valence-electron chi connectivity index (χ4n) is 6.39. The highest BCUT2D eigenvalue weighted by Gasteiger charge is 2.71. The predicted molar refractivity (Wildman–Crippen MR) is 147 cm³/mol. The molecule has 3 heterocycles. The molecule has 9 heteroatoms. The van der Waals surface area contributed by atoms with Gasteiger partial charge in [0.05, 0.1) is 18.4 Å². The summed E-state index contributed by atoms with van der Waals surface area (Å²) in [5.74, 6) is -1.77. The first-order valence-electron chi connectivity index (χ1n) is 13.2. The van der Waals surface area contributed by atoms with Crippen molar-refractivity contribution in [1.29, 1.82) is 0 Å². The van der Waals surface area contributed by atoms with E-state index >= 15 is 0 Å². The first-order valence-corrected chi connectivity index (χ1v) is 14.6. The Labute approximate surface area is 227 Å². The van der Waals surface area contributed by atoms with Gasteiger partial charge in [0.1, 0.15) is 12.1 Å². The Kier molecular flexibility index (Phi) is 7.33. The second kappa shape index (κ2) is 10.5. The average molecular weight is 535 g/mol. The van der Waals surface area contributed by atoms with Crippen LogP contribution in [0.2, 0.25) is 0 Å². The lowest BCUT2D eigenvalue weighted by molar-refractivity contribution is -0.143. The van der Waals surface area contributed by atoms with Gasteiger partial charge in [-0.05, 0) is 43.9 Å². The van der Waals surface area contributed by atoms with Gasteiger partial charge < -0.3 is 9.80 Å². The number of hydrogen-bond donors (Lipinski definition) is 1. The zero-order chi connectivity index (χ0) is 27.0. The van der Waals surface area contributed by atoms with Crippen molar-refractivity contribution in [3.63, 3.8) is 0 Å². The highest BCUT2D eigenvalue weighted by molar-refractivity contribution is 7.98. The minimum absolute atomic E-state index is 0.107.